The highest BCUT2D eigenvalue weighted by Gasteiger charge is 2.24. The molecule has 2 aliphatic heterocycles. The number of nitrogens with zero attached hydrogens (tertiary/aromatic N) is 1. The minimum absolute atomic E-state index is 0.162. The van der Waals surface area contributed by atoms with Crippen LogP contribution in [0.1, 0.15) is 30.4 Å². The Hall–Kier alpha value is -1.48. The van der Waals surface area contributed by atoms with Crippen molar-refractivity contribution in [3.05, 3.63) is 29.3 Å². The van der Waals surface area contributed by atoms with E-state index < -0.39 is 10.0 Å². The van der Waals surface area contributed by atoms with Gasteiger partial charge in [0.25, 0.3) is 0 Å². The zero-order chi connectivity index (χ0) is 18.6. The van der Waals surface area contributed by atoms with Gasteiger partial charge in [0.2, 0.25) is 15.9 Å². The van der Waals surface area contributed by atoms with Gasteiger partial charge in [-0.15, -0.1) is 0 Å². The molecule has 3 rings (SSSR count). The van der Waals surface area contributed by atoms with Gasteiger partial charge < -0.3 is 15.0 Å². The molecule has 7 nitrogen and oxygen atoms in total. The van der Waals surface area contributed by atoms with Crippen LogP contribution in [0.15, 0.2) is 23.1 Å². The van der Waals surface area contributed by atoms with Gasteiger partial charge in [-0.25, -0.2) is 13.1 Å². The van der Waals surface area contributed by atoms with E-state index in [1.807, 2.05) is 7.05 Å². The number of piperidine rings is 1. The Balaban J connectivity index is 1.51. The number of fused-ring (bicyclic) bond motifs is 1. The van der Waals surface area contributed by atoms with Gasteiger partial charge in [0, 0.05) is 13.1 Å². The number of nitrogens with one attached hydrogen (secondary N) is 2. The van der Waals surface area contributed by atoms with E-state index in [4.69, 9.17) is 4.74 Å². The lowest BCUT2D eigenvalue weighted by molar-refractivity contribution is -0.131. The molecule has 0 unspecified atom stereocenters. The molecule has 0 aliphatic carbocycles. The van der Waals surface area contributed by atoms with Crippen molar-refractivity contribution in [3.63, 3.8) is 0 Å². The number of amides is 1. The first-order valence-corrected chi connectivity index (χ1v) is 10.6. The first-order chi connectivity index (χ1) is 12.5. The molecule has 1 aromatic rings. The third-order valence-corrected chi connectivity index (χ3v) is 6.59. The average Bonchev–Trinajstić information content (AvgIpc) is 3.13. The molecule has 26 heavy (non-hydrogen) atoms. The summed E-state index contributed by atoms with van der Waals surface area (Å²) in [5.74, 6) is 0.474. The maximum Gasteiger partial charge on any atom is 0.241 e. The van der Waals surface area contributed by atoms with Gasteiger partial charge in [-0.1, -0.05) is 6.07 Å². The van der Waals surface area contributed by atoms with Crippen LogP contribution in [0.25, 0.3) is 0 Å². The minimum atomic E-state index is -3.70. The Morgan fingerprint density at radius 3 is 2.69 bits per heavy atom. The summed E-state index contributed by atoms with van der Waals surface area (Å²) in [7, 11) is -1.76. The molecule has 0 radical (unpaired) electrons. The molecule has 0 spiro atoms. The SMILES string of the molecule is CNCCC1CCN(C(=O)CNS(=O)(=O)c2ccc3c(c2)COC3)CC1. The van der Waals surface area contributed by atoms with Gasteiger partial charge in [0.1, 0.15) is 0 Å². The molecule has 8 heteroatoms. The second-order valence-electron chi connectivity index (χ2n) is 6.96. The Kier molecular flexibility index (Phi) is 6.29. The van der Waals surface area contributed by atoms with Gasteiger partial charge in [-0.05, 0) is 62.0 Å². The summed E-state index contributed by atoms with van der Waals surface area (Å²) < 4.78 is 32.7. The van der Waals surface area contributed by atoms with Crippen molar-refractivity contribution in [2.45, 2.75) is 37.4 Å². The van der Waals surface area contributed by atoms with E-state index in [1.165, 1.54) is 0 Å². The molecule has 2 aliphatic rings. The molecular formula is C18H27N3O4S. The molecule has 0 aromatic heterocycles. The number of ether oxygens (including phenoxy) is 1. The summed E-state index contributed by atoms with van der Waals surface area (Å²) in [6.07, 6.45) is 3.07. The Morgan fingerprint density at radius 2 is 1.96 bits per heavy atom. The maximum absolute atomic E-state index is 12.5. The van der Waals surface area contributed by atoms with Crippen molar-refractivity contribution >= 4 is 15.9 Å². The summed E-state index contributed by atoms with van der Waals surface area (Å²) in [5, 5.41) is 3.15. The van der Waals surface area contributed by atoms with Gasteiger partial charge in [0.15, 0.2) is 0 Å². The average molecular weight is 381 g/mol. The highest BCUT2D eigenvalue weighted by Crippen LogP contribution is 2.23. The summed E-state index contributed by atoms with van der Waals surface area (Å²) in [6.45, 7) is 3.14. The van der Waals surface area contributed by atoms with Crippen LogP contribution in [0.4, 0.5) is 0 Å². The second-order valence-corrected chi connectivity index (χ2v) is 8.73. The van der Waals surface area contributed by atoms with Crippen LogP contribution in [0, 0.1) is 5.92 Å². The number of sulfonamides is 1. The Bertz CT molecular complexity index is 743. The fourth-order valence-corrected chi connectivity index (χ4v) is 4.51. The molecule has 0 atom stereocenters. The van der Waals surface area contributed by atoms with Crippen LogP contribution in [-0.4, -0.2) is 52.5 Å². The number of hydrogen-bond acceptors (Lipinski definition) is 5. The van der Waals surface area contributed by atoms with Crippen LogP contribution in [0.2, 0.25) is 0 Å². The maximum atomic E-state index is 12.5. The molecule has 0 bridgehead atoms. The standard InChI is InChI=1S/C18H27N3O4S/c1-19-7-4-14-5-8-21(9-6-14)18(22)11-20-26(23,24)17-3-2-15-12-25-13-16(15)10-17/h2-3,10,14,19-20H,4-9,11-13H2,1H3. The lowest BCUT2D eigenvalue weighted by Crippen LogP contribution is -2.44. The van der Waals surface area contributed by atoms with Gasteiger partial charge in [-0.2, -0.15) is 0 Å². The monoisotopic (exact) mass is 381 g/mol. The van der Waals surface area contributed by atoms with E-state index in [2.05, 4.69) is 10.0 Å². The smallest absolute Gasteiger partial charge is 0.241 e. The highest BCUT2D eigenvalue weighted by molar-refractivity contribution is 7.89. The number of rotatable bonds is 7. The van der Waals surface area contributed by atoms with Crippen molar-refractivity contribution in [3.8, 4) is 0 Å². The summed E-state index contributed by atoms with van der Waals surface area (Å²) >= 11 is 0. The fourth-order valence-electron chi connectivity index (χ4n) is 3.49. The molecule has 2 N–H and O–H groups in total. The number of likely N-dealkylation sites (tertiary alicyclic amines) is 1. The van der Waals surface area contributed by atoms with Crippen LogP contribution >= 0.6 is 0 Å². The Morgan fingerprint density at radius 1 is 1.23 bits per heavy atom. The number of benzene rings is 1. The number of hydrogen-bond donors (Lipinski definition) is 2. The van der Waals surface area contributed by atoms with Crippen LogP contribution < -0.4 is 10.0 Å². The molecule has 1 fully saturated rings. The molecule has 1 amide bonds. The normalized spacial score (nSPS) is 18.1. The van der Waals surface area contributed by atoms with Crippen molar-refractivity contribution in [1.82, 2.24) is 14.9 Å². The summed E-state index contributed by atoms with van der Waals surface area (Å²) in [4.78, 5) is 14.3. The van der Waals surface area contributed by atoms with E-state index >= 15 is 0 Å². The summed E-state index contributed by atoms with van der Waals surface area (Å²) in [6, 6.07) is 4.96. The Labute approximate surface area is 155 Å². The predicted molar refractivity (Wildman–Crippen MR) is 98.0 cm³/mol. The number of carbonyl (C=O) groups excluding carboxylic acids is 1. The van der Waals surface area contributed by atoms with Gasteiger partial charge in [-0.3, -0.25) is 4.79 Å². The first-order valence-electron chi connectivity index (χ1n) is 9.11. The lowest BCUT2D eigenvalue weighted by atomic mass is 9.93. The van der Waals surface area contributed by atoms with E-state index in [9.17, 15) is 13.2 Å². The third-order valence-electron chi connectivity index (χ3n) is 5.19. The quantitative estimate of drug-likeness (QED) is 0.731. The largest absolute Gasteiger partial charge is 0.372 e. The lowest BCUT2D eigenvalue weighted by Gasteiger charge is -2.32. The van der Waals surface area contributed by atoms with Crippen molar-refractivity contribution in [2.24, 2.45) is 5.92 Å². The van der Waals surface area contributed by atoms with Crippen LogP contribution in [0.5, 0.6) is 0 Å². The van der Waals surface area contributed by atoms with Gasteiger partial charge >= 0.3 is 0 Å². The van der Waals surface area contributed by atoms with Crippen molar-refractivity contribution in [2.75, 3.05) is 33.2 Å². The van der Waals surface area contributed by atoms with Gasteiger partial charge in [0.05, 0.1) is 24.7 Å². The van der Waals surface area contributed by atoms with E-state index in [0.717, 1.165) is 36.9 Å². The molecule has 0 saturated carbocycles. The fraction of sp³-hybridized carbons (Fsp3) is 0.611. The zero-order valence-corrected chi connectivity index (χ0v) is 16.0. The first kappa shape index (κ1) is 19.3. The van der Waals surface area contributed by atoms with Crippen LogP contribution in [0.3, 0.4) is 0 Å². The topological polar surface area (TPSA) is 87.7 Å². The zero-order valence-electron chi connectivity index (χ0n) is 15.2. The van der Waals surface area contributed by atoms with Crippen molar-refractivity contribution < 1.29 is 17.9 Å². The van der Waals surface area contributed by atoms with Crippen molar-refractivity contribution in [1.29, 1.82) is 0 Å². The summed E-state index contributed by atoms with van der Waals surface area (Å²) in [5.41, 5.74) is 1.91. The number of carbonyl (C=O) groups is 1. The molecule has 1 aromatic carbocycles. The molecular weight excluding hydrogens is 354 g/mol. The molecule has 1 saturated heterocycles. The molecule has 2 heterocycles. The van der Waals surface area contributed by atoms with Crippen LogP contribution in [-0.2, 0) is 32.8 Å². The predicted octanol–water partition coefficient (Wildman–Crippen LogP) is 0.843. The molecule has 144 valence electrons. The second kappa shape index (κ2) is 8.47. The van der Waals surface area contributed by atoms with E-state index in [0.29, 0.717) is 32.2 Å². The minimum Gasteiger partial charge on any atom is -0.372 e. The third kappa shape index (κ3) is 4.62. The van der Waals surface area contributed by atoms with E-state index in [1.54, 1.807) is 23.1 Å². The highest BCUT2D eigenvalue weighted by atomic mass is 32.2. The van der Waals surface area contributed by atoms with E-state index in [-0.39, 0.29) is 17.3 Å².